The summed E-state index contributed by atoms with van der Waals surface area (Å²) in [7, 11) is 3.21. The number of methoxy groups -OCH3 is 2. The highest BCUT2D eigenvalue weighted by Gasteiger charge is 2.15. The van der Waals surface area contributed by atoms with Gasteiger partial charge in [0.15, 0.2) is 17.3 Å². The fourth-order valence-corrected chi connectivity index (χ4v) is 2.18. The molecular weight excluding hydrogens is 322 g/mol. The highest BCUT2D eigenvalue weighted by Crippen LogP contribution is 2.37. The zero-order valence-electron chi connectivity index (χ0n) is 11.6. The summed E-state index contributed by atoms with van der Waals surface area (Å²) in [5.74, 6) is 2.61. The molecular formula is C14H16BrN3O2. The molecule has 0 amide bonds. The molecule has 1 N–H and O–H groups in total. The Bertz CT molecular complexity index is 605. The Morgan fingerprint density at radius 1 is 1.25 bits per heavy atom. The van der Waals surface area contributed by atoms with Crippen LogP contribution in [0, 0.1) is 0 Å². The van der Waals surface area contributed by atoms with E-state index in [1.165, 1.54) is 0 Å². The van der Waals surface area contributed by atoms with Gasteiger partial charge >= 0.3 is 0 Å². The number of hydrogen-bond donors (Lipinski definition) is 1. The maximum Gasteiger partial charge on any atom is 0.171 e. The lowest BCUT2D eigenvalue weighted by Gasteiger charge is -2.12. The van der Waals surface area contributed by atoms with Gasteiger partial charge < -0.3 is 14.8 Å². The first-order valence-corrected chi connectivity index (χ1v) is 6.98. The fourth-order valence-electron chi connectivity index (χ4n) is 1.85. The largest absolute Gasteiger partial charge is 0.493 e. The number of benzene rings is 1. The molecule has 0 aliphatic rings. The van der Waals surface area contributed by atoms with Crippen molar-refractivity contribution in [2.24, 2.45) is 0 Å². The minimum atomic E-state index is 0.583. The van der Waals surface area contributed by atoms with E-state index < -0.39 is 0 Å². The van der Waals surface area contributed by atoms with Gasteiger partial charge in [-0.3, -0.25) is 0 Å². The molecule has 0 radical (unpaired) electrons. The maximum atomic E-state index is 5.41. The molecule has 20 heavy (non-hydrogen) atoms. The van der Waals surface area contributed by atoms with Crippen LogP contribution in [-0.2, 0) is 0 Å². The van der Waals surface area contributed by atoms with Crippen molar-refractivity contribution in [3.05, 3.63) is 28.9 Å². The van der Waals surface area contributed by atoms with Crippen molar-refractivity contribution in [2.45, 2.75) is 6.92 Å². The Kier molecular flexibility index (Phi) is 4.79. The van der Waals surface area contributed by atoms with E-state index in [1.54, 1.807) is 20.4 Å². The number of anilines is 1. The first-order valence-electron chi connectivity index (χ1n) is 6.19. The topological polar surface area (TPSA) is 56.3 Å². The summed E-state index contributed by atoms with van der Waals surface area (Å²) in [4.78, 5) is 8.85. The summed E-state index contributed by atoms with van der Waals surface area (Å²) in [5.41, 5.74) is 0.790. The van der Waals surface area contributed by atoms with E-state index in [9.17, 15) is 0 Å². The average Bonchev–Trinajstić information content (AvgIpc) is 2.48. The van der Waals surface area contributed by atoms with E-state index in [4.69, 9.17) is 9.47 Å². The molecule has 0 saturated carbocycles. The summed E-state index contributed by atoms with van der Waals surface area (Å²) in [6.07, 6.45) is 1.72. The summed E-state index contributed by atoms with van der Waals surface area (Å²) in [6.45, 7) is 2.80. The van der Waals surface area contributed by atoms with E-state index in [-0.39, 0.29) is 0 Å². The summed E-state index contributed by atoms with van der Waals surface area (Å²) in [5, 5.41) is 3.18. The van der Waals surface area contributed by atoms with Crippen LogP contribution < -0.4 is 14.8 Å². The summed E-state index contributed by atoms with van der Waals surface area (Å²) >= 11 is 3.42. The zero-order valence-corrected chi connectivity index (χ0v) is 13.2. The van der Waals surface area contributed by atoms with Gasteiger partial charge in [0.25, 0.3) is 0 Å². The minimum absolute atomic E-state index is 0.583. The number of para-hydroxylation sites is 1. The second-order valence-electron chi connectivity index (χ2n) is 3.96. The molecule has 106 valence electrons. The molecule has 5 nitrogen and oxygen atoms in total. The third kappa shape index (κ3) is 2.85. The highest BCUT2D eigenvalue weighted by molar-refractivity contribution is 9.10. The number of rotatable bonds is 5. The quantitative estimate of drug-likeness (QED) is 0.906. The fraction of sp³-hybridized carbons (Fsp3) is 0.286. The van der Waals surface area contributed by atoms with Crippen molar-refractivity contribution in [1.29, 1.82) is 0 Å². The molecule has 0 atom stereocenters. The van der Waals surface area contributed by atoms with Gasteiger partial charge in [-0.1, -0.05) is 6.07 Å². The molecule has 0 aliphatic carbocycles. The molecule has 0 saturated heterocycles. The van der Waals surface area contributed by atoms with Crippen LogP contribution in [0.15, 0.2) is 28.9 Å². The van der Waals surface area contributed by atoms with Crippen molar-refractivity contribution in [2.75, 3.05) is 26.1 Å². The smallest absolute Gasteiger partial charge is 0.171 e. The van der Waals surface area contributed by atoms with Crippen molar-refractivity contribution in [1.82, 2.24) is 9.97 Å². The first kappa shape index (κ1) is 14.6. The van der Waals surface area contributed by atoms with Crippen LogP contribution in [0.3, 0.4) is 0 Å². The Morgan fingerprint density at radius 3 is 2.70 bits per heavy atom. The monoisotopic (exact) mass is 337 g/mol. The average molecular weight is 338 g/mol. The van der Waals surface area contributed by atoms with Gasteiger partial charge in [0.1, 0.15) is 5.82 Å². The number of hydrogen-bond acceptors (Lipinski definition) is 5. The van der Waals surface area contributed by atoms with Crippen molar-refractivity contribution in [3.63, 3.8) is 0 Å². The third-order valence-electron chi connectivity index (χ3n) is 2.73. The van der Waals surface area contributed by atoms with E-state index in [0.29, 0.717) is 17.3 Å². The number of nitrogens with zero attached hydrogens (tertiary/aromatic N) is 2. The molecule has 0 spiro atoms. The van der Waals surface area contributed by atoms with Gasteiger partial charge in [-0.05, 0) is 35.0 Å². The molecule has 2 rings (SSSR count). The normalized spacial score (nSPS) is 10.2. The van der Waals surface area contributed by atoms with Crippen molar-refractivity contribution >= 4 is 21.7 Å². The number of halogens is 1. The number of ether oxygens (including phenoxy) is 2. The van der Waals surface area contributed by atoms with E-state index in [1.807, 2.05) is 25.1 Å². The Labute approximate surface area is 126 Å². The molecule has 1 aromatic heterocycles. The second-order valence-corrected chi connectivity index (χ2v) is 4.82. The van der Waals surface area contributed by atoms with E-state index in [0.717, 1.165) is 22.4 Å². The van der Waals surface area contributed by atoms with Crippen LogP contribution in [0.1, 0.15) is 6.92 Å². The van der Waals surface area contributed by atoms with Crippen LogP contribution in [0.2, 0.25) is 0 Å². The summed E-state index contributed by atoms with van der Waals surface area (Å²) < 4.78 is 11.5. The number of nitrogens with one attached hydrogen (secondary N) is 1. The molecule has 6 heteroatoms. The van der Waals surface area contributed by atoms with Gasteiger partial charge in [-0.15, -0.1) is 0 Å². The zero-order chi connectivity index (χ0) is 14.5. The summed E-state index contributed by atoms with van der Waals surface area (Å²) in [6, 6.07) is 5.63. The standard InChI is InChI=1S/C14H16BrN3O2/c1-4-16-14-10(15)8-17-13(18-14)9-6-5-7-11(19-2)12(9)20-3/h5-8H,4H2,1-3H3,(H,16,17,18). The van der Waals surface area contributed by atoms with Crippen LogP contribution in [0.5, 0.6) is 11.5 Å². The second kappa shape index (κ2) is 6.56. The van der Waals surface area contributed by atoms with Crippen molar-refractivity contribution in [3.8, 4) is 22.9 Å². The molecule has 0 aliphatic heterocycles. The molecule has 0 unspecified atom stereocenters. The highest BCUT2D eigenvalue weighted by atomic mass is 79.9. The maximum absolute atomic E-state index is 5.41. The van der Waals surface area contributed by atoms with Crippen molar-refractivity contribution < 1.29 is 9.47 Å². The van der Waals surface area contributed by atoms with Gasteiger partial charge in [0, 0.05) is 12.7 Å². The van der Waals surface area contributed by atoms with Crippen LogP contribution in [-0.4, -0.2) is 30.7 Å². The van der Waals surface area contributed by atoms with Gasteiger partial charge in [0.2, 0.25) is 0 Å². The molecule has 1 aromatic carbocycles. The van der Waals surface area contributed by atoms with Crippen LogP contribution in [0.25, 0.3) is 11.4 Å². The van der Waals surface area contributed by atoms with E-state index in [2.05, 4.69) is 31.2 Å². The Hall–Kier alpha value is -1.82. The first-order chi connectivity index (χ1) is 9.71. The molecule has 0 fully saturated rings. The lowest BCUT2D eigenvalue weighted by molar-refractivity contribution is 0.356. The van der Waals surface area contributed by atoms with Crippen LogP contribution >= 0.6 is 15.9 Å². The molecule has 2 aromatic rings. The Balaban J connectivity index is 2.53. The molecule has 1 heterocycles. The SMILES string of the molecule is CCNc1nc(-c2cccc(OC)c2OC)ncc1Br. The predicted molar refractivity (Wildman–Crippen MR) is 82.4 cm³/mol. The predicted octanol–water partition coefficient (Wildman–Crippen LogP) is 3.36. The molecule has 0 bridgehead atoms. The third-order valence-corrected chi connectivity index (χ3v) is 3.31. The van der Waals surface area contributed by atoms with Gasteiger partial charge in [0.05, 0.1) is 24.3 Å². The van der Waals surface area contributed by atoms with Crippen LogP contribution in [0.4, 0.5) is 5.82 Å². The lowest BCUT2D eigenvalue weighted by atomic mass is 10.1. The minimum Gasteiger partial charge on any atom is -0.493 e. The Morgan fingerprint density at radius 2 is 2.05 bits per heavy atom. The van der Waals surface area contributed by atoms with Gasteiger partial charge in [-0.25, -0.2) is 9.97 Å². The van der Waals surface area contributed by atoms with Gasteiger partial charge in [-0.2, -0.15) is 0 Å². The van der Waals surface area contributed by atoms with E-state index >= 15 is 0 Å². The lowest BCUT2D eigenvalue weighted by Crippen LogP contribution is -2.03. The number of aromatic nitrogens is 2.